The number of hydrogen-bond donors (Lipinski definition) is 0. The second kappa shape index (κ2) is 6.02. The van der Waals surface area contributed by atoms with Crippen LogP contribution in [0.25, 0.3) is 0 Å². The molecule has 1 aromatic carbocycles. The van der Waals surface area contributed by atoms with E-state index in [2.05, 4.69) is 0 Å². The van der Waals surface area contributed by atoms with Gasteiger partial charge in [-0.15, -0.1) is 0 Å². The average Bonchev–Trinajstić information content (AvgIpc) is 2.82. The van der Waals surface area contributed by atoms with Crippen molar-refractivity contribution in [1.82, 2.24) is 4.90 Å². The molecule has 21 heavy (non-hydrogen) atoms. The molecule has 2 aliphatic rings. The van der Waals surface area contributed by atoms with E-state index in [0.29, 0.717) is 0 Å². The van der Waals surface area contributed by atoms with Gasteiger partial charge in [0.25, 0.3) is 0 Å². The third-order valence-corrected chi connectivity index (χ3v) is 4.34. The fourth-order valence-corrected chi connectivity index (χ4v) is 3.09. The summed E-state index contributed by atoms with van der Waals surface area (Å²) in [6.45, 7) is 0. The number of benzene rings is 1. The van der Waals surface area contributed by atoms with E-state index in [1.165, 1.54) is 11.8 Å². The third kappa shape index (κ3) is 3.09. The van der Waals surface area contributed by atoms with Gasteiger partial charge >= 0.3 is 0 Å². The summed E-state index contributed by atoms with van der Waals surface area (Å²) in [5.74, 6) is 0.118. The van der Waals surface area contributed by atoms with Crippen molar-refractivity contribution in [3.05, 3.63) is 89.2 Å². The normalized spacial score (nSPS) is 18.9. The van der Waals surface area contributed by atoms with Crippen molar-refractivity contribution in [3.8, 4) is 0 Å². The smallest absolute Gasteiger partial charge is 0.200 e. The summed E-state index contributed by atoms with van der Waals surface area (Å²) in [5.41, 5.74) is 1.94. The number of nitrogens with zero attached hydrogens (tertiary/aromatic N) is 1. The number of allylic oxidation sites excluding steroid dienone is 8. The van der Waals surface area contributed by atoms with Crippen molar-refractivity contribution in [2.45, 2.75) is 4.90 Å². The molecule has 2 heterocycles. The molecule has 0 N–H and O–H groups in total. The molecule has 2 aliphatic heterocycles. The molecule has 0 aliphatic carbocycles. The van der Waals surface area contributed by atoms with E-state index < -0.39 is 0 Å². The highest BCUT2D eigenvalue weighted by Gasteiger charge is 2.24. The van der Waals surface area contributed by atoms with Gasteiger partial charge in [-0.2, -0.15) is 0 Å². The molecule has 1 aromatic rings. The lowest BCUT2D eigenvalue weighted by Gasteiger charge is -2.11. The Kier molecular flexibility index (Phi) is 3.93. The first kappa shape index (κ1) is 13.7. The maximum Gasteiger partial charge on any atom is 0.200 e. The van der Waals surface area contributed by atoms with Crippen molar-refractivity contribution in [2.24, 2.45) is 0 Å². The molecule has 0 amide bonds. The second-order valence-corrected chi connectivity index (χ2v) is 5.89. The topological polar surface area (TPSA) is 20.3 Å². The average molecular weight is 293 g/mol. The molecule has 0 saturated heterocycles. The number of ketones is 1. The summed E-state index contributed by atoms with van der Waals surface area (Å²) in [7, 11) is 1.99. The Morgan fingerprint density at radius 3 is 2.52 bits per heavy atom. The standard InChI is InChI=1S/C18H15NOS/c1-19-12-10-14(11-13-19)6-2-4-9-17-18(20)15-7-3-5-8-16(15)21-17/h2-13H,1H3/b4-2+,17-9-. The van der Waals surface area contributed by atoms with Crippen LogP contribution in [0.5, 0.6) is 0 Å². The van der Waals surface area contributed by atoms with E-state index in [0.717, 1.165) is 20.9 Å². The number of thioether (sulfide) groups is 1. The summed E-state index contributed by atoms with van der Waals surface area (Å²) >= 11 is 1.54. The van der Waals surface area contributed by atoms with Gasteiger partial charge in [-0.25, -0.2) is 0 Å². The third-order valence-electron chi connectivity index (χ3n) is 3.23. The second-order valence-electron chi connectivity index (χ2n) is 4.81. The minimum Gasteiger partial charge on any atom is -0.357 e. The molecule has 0 fully saturated rings. The van der Waals surface area contributed by atoms with Gasteiger partial charge in [0.1, 0.15) is 0 Å². The van der Waals surface area contributed by atoms with E-state index in [4.69, 9.17) is 0 Å². The minimum atomic E-state index is 0.118. The van der Waals surface area contributed by atoms with E-state index in [1.807, 2.05) is 85.1 Å². The van der Waals surface area contributed by atoms with Crippen LogP contribution in [0, 0.1) is 0 Å². The van der Waals surface area contributed by atoms with E-state index >= 15 is 0 Å². The zero-order valence-electron chi connectivity index (χ0n) is 11.7. The highest BCUT2D eigenvalue weighted by molar-refractivity contribution is 8.04. The Bertz CT molecular complexity index is 706. The van der Waals surface area contributed by atoms with Crippen molar-refractivity contribution < 1.29 is 4.79 Å². The van der Waals surface area contributed by atoms with Gasteiger partial charge in [-0.1, -0.05) is 42.1 Å². The molecule has 0 unspecified atom stereocenters. The predicted molar refractivity (Wildman–Crippen MR) is 88.0 cm³/mol. The summed E-state index contributed by atoms with van der Waals surface area (Å²) in [6.07, 6.45) is 15.9. The molecule has 104 valence electrons. The van der Waals surface area contributed by atoms with Crippen molar-refractivity contribution in [2.75, 3.05) is 7.05 Å². The Labute approximate surface area is 128 Å². The molecule has 3 rings (SSSR count). The maximum absolute atomic E-state index is 12.2. The first-order chi connectivity index (χ1) is 10.2. The van der Waals surface area contributed by atoms with Crippen molar-refractivity contribution in [3.63, 3.8) is 0 Å². The first-order valence-corrected chi connectivity index (χ1v) is 7.54. The summed E-state index contributed by atoms with van der Waals surface area (Å²) in [5, 5.41) is 0. The number of rotatable bonds is 2. The van der Waals surface area contributed by atoms with Crippen molar-refractivity contribution >= 4 is 17.5 Å². The molecular formula is C18H15NOS. The Balaban J connectivity index is 1.70. The zero-order valence-corrected chi connectivity index (χ0v) is 12.5. The first-order valence-electron chi connectivity index (χ1n) is 6.72. The van der Waals surface area contributed by atoms with Gasteiger partial charge in [0.15, 0.2) is 0 Å². The van der Waals surface area contributed by atoms with Gasteiger partial charge in [0.2, 0.25) is 5.78 Å². The molecule has 3 heteroatoms. The van der Waals surface area contributed by atoms with Crippen LogP contribution in [0.4, 0.5) is 0 Å². The Morgan fingerprint density at radius 1 is 1.05 bits per heavy atom. The number of fused-ring (bicyclic) bond motifs is 1. The lowest BCUT2D eigenvalue weighted by atomic mass is 10.1. The molecule has 0 bridgehead atoms. The van der Waals surface area contributed by atoms with Crippen LogP contribution in [-0.4, -0.2) is 17.7 Å². The molecule has 0 saturated carbocycles. The molecule has 0 radical (unpaired) electrons. The quantitative estimate of drug-likeness (QED) is 0.758. The van der Waals surface area contributed by atoms with Crippen LogP contribution in [-0.2, 0) is 0 Å². The predicted octanol–water partition coefficient (Wildman–Crippen LogP) is 4.31. The highest BCUT2D eigenvalue weighted by Crippen LogP contribution is 2.39. The summed E-state index contributed by atoms with van der Waals surface area (Å²) < 4.78 is 0. The van der Waals surface area contributed by atoms with Crippen LogP contribution < -0.4 is 0 Å². The van der Waals surface area contributed by atoms with Crippen LogP contribution in [0.2, 0.25) is 0 Å². The lowest BCUT2D eigenvalue weighted by Crippen LogP contribution is -2.02. The fraction of sp³-hybridized carbons (Fsp3) is 0.0556. The number of Topliss-reactive ketones (excluding diaryl/α,β-unsaturated/α-hetero) is 1. The zero-order chi connectivity index (χ0) is 14.7. The van der Waals surface area contributed by atoms with Crippen LogP contribution in [0.15, 0.2) is 88.5 Å². The van der Waals surface area contributed by atoms with Crippen molar-refractivity contribution in [1.29, 1.82) is 0 Å². The molecule has 0 aromatic heterocycles. The van der Waals surface area contributed by atoms with E-state index in [-0.39, 0.29) is 5.78 Å². The Hall–Kier alpha value is -2.26. The van der Waals surface area contributed by atoms with Crippen LogP contribution >= 0.6 is 11.8 Å². The van der Waals surface area contributed by atoms with E-state index in [9.17, 15) is 4.79 Å². The summed E-state index contributed by atoms with van der Waals surface area (Å²) in [4.78, 5) is 16.0. The SMILES string of the molecule is CN1C=CC(=C/C=C/C=C2\Sc3ccccc3C2=O)C=C1. The van der Waals surface area contributed by atoms with Crippen LogP contribution in [0.3, 0.4) is 0 Å². The van der Waals surface area contributed by atoms with Gasteiger partial charge in [0, 0.05) is 29.9 Å². The van der Waals surface area contributed by atoms with E-state index in [1.54, 1.807) is 0 Å². The van der Waals surface area contributed by atoms with Gasteiger partial charge in [-0.3, -0.25) is 4.79 Å². The Morgan fingerprint density at radius 2 is 1.76 bits per heavy atom. The molecular weight excluding hydrogens is 278 g/mol. The van der Waals surface area contributed by atoms with Gasteiger partial charge in [0.05, 0.1) is 4.91 Å². The van der Waals surface area contributed by atoms with Crippen LogP contribution in [0.1, 0.15) is 10.4 Å². The largest absolute Gasteiger partial charge is 0.357 e. The fourth-order valence-electron chi connectivity index (χ4n) is 2.08. The lowest BCUT2D eigenvalue weighted by molar-refractivity contribution is 0.104. The number of hydrogen-bond acceptors (Lipinski definition) is 3. The molecule has 0 atom stereocenters. The molecule has 0 spiro atoms. The summed E-state index contributed by atoms with van der Waals surface area (Å²) in [6, 6.07) is 7.73. The van der Waals surface area contributed by atoms with Gasteiger partial charge < -0.3 is 4.90 Å². The highest BCUT2D eigenvalue weighted by atomic mass is 32.2. The molecule has 2 nitrogen and oxygen atoms in total. The number of carbonyl (C=O) groups is 1. The number of carbonyl (C=O) groups excluding carboxylic acids is 1. The van der Waals surface area contributed by atoms with Gasteiger partial charge in [-0.05, 0) is 35.9 Å². The monoisotopic (exact) mass is 293 g/mol. The minimum absolute atomic E-state index is 0.118. The maximum atomic E-state index is 12.2.